The first-order valence-corrected chi connectivity index (χ1v) is 8.03. The van der Waals surface area contributed by atoms with Gasteiger partial charge in [0.05, 0.1) is 19.2 Å². The molecule has 1 aromatic heterocycles. The normalized spacial score (nSPS) is 11.9. The molecule has 21 heavy (non-hydrogen) atoms. The Bertz CT molecular complexity index is 582. The van der Waals surface area contributed by atoms with Gasteiger partial charge in [0.25, 0.3) is 10.2 Å². The molecule has 0 saturated heterocycles. The number of esters is 1. The maximum atomic E-state index is 12.0. The van der Waals surface area contributed by atoms with E-state index < -0.39 is 16.2 Å². The third kappa shape index (κ3) is 5.10. The second-order valence-corrected chi connectivity index (χ2v) is 6.46. The van der Waals surface area contributed by atoms with Crippen molar-refractivity contribution in [3.05, 3.63) is 17.5 Å². The molecule has 1 N–H and O–H groups in total. The van der Waals surface area contributed by atoms with Gasteiger partial charge in [-0.05, 0) is 6.42 Å². The van der Waals surface area contributed by atoms with Crippen LogP contribution in [0.1, 0.15) is 24.6 Å². The predicted octanol–water partition coefficient (Wildman–Crippen LogP) is -0.188. The maximum absolute atomic E-state index is 12.0. The number of hydrogen-bond acceptors (Lipinski definition) is 5. The lowest BCUT2D eigenvalue weighted by molar-refractivity contribution is -0.140. The average Bonchev–Trinajstić information content (AvgIpc) is 2.82. The van der Waals surface area contributed by atoms with Gasteiger partial charge in [0.15, 0.2) is 0 Å². The van der Waals surface area contributed by atoms with E-state index in [0.717, 1.165) is 22.0 Å². The van der Waals surface area contributed by atoms with Crippen LogP contribution in [-0.4, -0.2) is 49.2 Å². The Morgan fingerprint density at radius 3 is 2.76 bits per heavy atom. The number of methoxy groups -OCH3 is 1. The molecule has 0 bridgehead atoms. The Kier molecular flexibility index (Phi) is 6.31. The summed E-state index contributed by atoms with van der Waals surface area (Å²) in [5, 5.41) is 4.25. The van der Waals surface area contributed by atoms with Gasteiger partial charge in [0.1, 0.15) is 0 Å². The molecule has 0 spiro atoms. The van der Waals surface area contributed by atoms with Gasteiger partial charge in [-0.25, -0.2) is 0 Å². The number of ether oxygens (including phenoxy) is 1. The van der Waals surface area contributed by atoms with Gasteiger partial charge >= 0.3 is 5.97 Å². The van der Waals surface area contributed by atoms with E-state index in [1.165, 1.54) is 14.2 Å². The Morgan fingerprint density at radius 2 is 2.19 bits per heavy atom. The van der Waals surface area contributed by atoms with Crippen molar-refractivity contribution in [1.29, 1.82) is 0 Å². The molecule has 120 valence electrons. The fourth-order valence-corrected chi connectivity index (χ4v) is 2.67. The topological polar surface area (TPSA) is 93.5 Å². The van der Waals surface area contributed by atoms with Crippen LogP contribution < -0.4 is 4.72 Å². The van der Waals surface area contributed by atoms with Gasteiger partial charge in [-0.2, -0.15) is 22.5 Å². The maximum Gasteiger partial charge on any atom is 0.306 e. The van der Waals surface area contributed by atoms with Gasteiger partial charge in [-0.3, -0.25) is 9.48 Å². The standard InChI is InChI=1S/C12H22N4O4S/c1-5-11-10(9-15(2)14-11)8-13-21(18,19)16(3)7-6-12(17)20-4/h9,13H,5-8H2,1-4H3. The van der Waals surface area contributed by atoms with Crippen molar-refractivity contribution in [3.63, 3.8) is 0 Å². The van der Waals surface area contributed by atoms with Crippen molar-refractivity contribution < 1.29 is 17.9 Å². The molecule has 1 aromatic rings. The summed E-state index contributed by atoms with van der Waals surface area (Å²) < 4.78 is 33.8. The molecule has 0 aliphatic heterocycles. The minimum Gasteiger partial charge on any atom is -0.469 e. The summed E-state index contributed by atoms with van der Waals surface area (Å²) in [5.41, 5.74) is 1.70. The van der Waals surface area contributed by atoms with E-state index >= 15 is 0 Å². The van der Waals surface area contributed by atoms with Gasteiger partial charge in [0.2, 0.25) is 0 Å². The lowest BCUT2D eigenvalue weighted by Gasteiger charge is -2.17. The smallest absolute Gasteiger partial charge is 0.306 e. The van der Waals surface area contributed by atoms with Crippen molar-refractivity contribution in [1.82, 2.24) is 18.8 Å². The molecule has 1 rings (SSSR count). The van der Waals surface area contributed by atoms with Crippen LogP contribution in [-0.2, 0) is 39.8 Å². The fourth-order valence-electron chi connectivity index (χ4n) is 1.78. The number of rotatable bonds is 8. The number of aromatic nitrogens is 2. The monoisotopic (exact) mass is 318 g/mol. The first kappa shape index (κ1) is 17.6. The van der Waals surface area contributed by atoms with Gasteiger partial charge < -0.3 is 4.74 Å². The Morgan fingerprint density at radius 1 is 1.52 bits per heavy atom. The van der Waals surface area contributed by atoms with Crippen molar-refractivity contribution in [2.24, 2.45) is 7.05 Å². The van der Waals surface area contributed by atoms with Crippen molar-refractivity contribution in [2.45, 2.75) is 26.3 Å². The van der Waals surface area contributed by atoms with E-state index in [4.69, 9.17) is 0 Å². The van der Waals surface area contributed by atoms with Crippen LogP contribution in [0.25, 0.3) is 0 Å². The molecule has 0 aliphatic rings. The second kappa shape index (κ2) is 7.53. The van der Waals surface area contributed by atoms with Crippen LogP contribution in [0.4, 0.5) is 0 Å². The van der Waals surface area contributed by atoms with Crippen LogP contribution in [0.3, 0.4) is 0 Å². The molecular formula is C12H22N4O4S. The number of hydrogen-bond donors (Lipinski definition) is 1. The highest BCUT2D eigenvalue weighted by Gasteiger charge is 2.19. The predicted molar refractivity (Wildman–Crippen MR) is 77.6 cm³/mol. The summed E-state index contributed by atoms with van der Waals surface area (Å²) in [6.07, 6.45) is 2.53. The number of aryl methyl sites for hydroxylation is 2. The highest BCUT2D eigenvalue weighted by atomic mass is 32.2. The van der Waals surface area contributed by atoms with Crippen LogP contribution in [0.5, 0.6) is 0 Å². The quantitative estimate of drug-likeness (QED) is 0.671. The first-order chi connectivity index (χ1) is 9.80. The van der Waals surface area contributed by atoms with Crippen molar-refractivity contribution in [2.75, 3.05) is 20.7 Å². The minimum absolute atomic E-state index is 0.0149. The van der Waals surface area contributed by atoms with E-state index in [2.05, 4.69) is 14.6 Å². The number of nitrogens with one attached hydrogen (secondary N) is 1. The molecule has 8 nitrogen and oxygen atoms in total. The van der Waals surface area contributed by atoms with Gasteiger partial charge in [-0.1, -0.05) is 6.92 Å². The summed E-state index contributed by atoms with van der Waals surface area (Å²) in [6.45, 7) is 2.19. The van der Waals surface area contributed by atoms with E-state index in [1.807, 2.05) is 6.92 Å². The zero-order valence-corrected chi connectivity index (χ0v) is 13.6. The summed E-state index contributed by atoms with van der Waals surface area (Å²) in [4.78, 5) is 11.0. The molecule has 1 heterocycles. The van der Waals surface area contributed by atoms with Gasteiger partial charge in [-0.15, -0.1) is 0 Å². The summed E-state index contributed by atoms with van der Waals surface area (Å²) >= 11 is 0. The molecule has 0 radical (unpaired) electrons. The summed E-state index contributed by atoms with van der Waals surface area (Å²) in [6, 6.07) is 0. The molecular weight excluding hydrogens is 296 g/mol. The SMILES string of the molecule is CCc1nn(C)cc1CNS(=O)(=O)N(C)CCC(=O)OC. The Labute approximate surface area is 125 Å². The fraction of sp³-hybridized carbons (Fsp3) is 0.667. The second-order valence-electron chi connectivity index (χ2n) is 4.60. The Hall–Kier alpha value is -1.45. The van der Waals surface area contributed by atoms with Crippen LogP contribution >= 0.6 is 0 Å². The lowest BCUT2D eigenvalue weighted by Crippen LogP contribution is -2.39. The van der Waals surface area contributed by atoms with E-state index in [0.29, 0.717) is 0 Å². The summed E-state index contributed by atoms with van der Waals surface area (Å²) in [7, 11) is 0.831. The largest absolute Gasteiger partial charge is 0.469 e. The van der Waals surface area contributed by atoms with Gasteiger partial charge in [0, 0.05) is 38.9 Å². The summed E-state index contributed by atoms with van der Waals surface area (Å²) in [5.74, 6) is -0.447. The average molecular weight is 318 g/mol. The molecule has 0 atom stereocenters. The number of nitrogens with zero attached hydrogens (tertiary/aromatic N) is 3. The number of carbonyl (C=O) groups is 1. The molecule has 0 aromatic carbocycles. The highest BCUT2D eigenvalue weighted by Crippen LogP contribution is 2.08. The zero-order valence-electron chi connectivity index (χ0n) is 12.8. The third-order valence-electron chi connectivity index (χ3n) is 3.04. The first-order valence-electron chi connectivity index (χ1n) is 6.59. The molecule has 0 aliphatic carbocycles. The number of carbonyl (C=O) groups excluding carboxylic acids is 1. The molecule has 0 saturated carbocycles. The van der Waals surface area contributed by atoms with E-state index in [9.17, 15) is 13.2 Å². The molecule has 0 amide bonds. The van der Waals surface area contributed by atoms with E-state index in [1.54, 1.807) is 17.9 Å². The molecule has 0 fully saturated rings. The highest BCUT2D eigenvalue weighted by molar-refractivity contribution is 7.87. The van der Waals surface area contributed by atoms with E-state index in [-0.39, 0.29) is 19.5 Å². The van der Waals surface area contributed by atoms with Crippen LogP contribution in [0.15, 0.2) is 6.20 Å². The lowest BCUT2D eigenvalue weighted by atomic mass is 10.2. The molecule has 9 heteroatoms. The molecule has 0 unspecified atom stereocenters. The Balaban J connectivity index is 2.61. The van der Waals surface area contributed by atoms with Crippen molar-refractivity contribution >= 4 is 16.2 Å². The zero-order chi connectivity index (χ0) is 16.0. The third-order valence-corrected chi connectivity index (χ3v) is 4.55. The van der Waals surface area contributed by atoms with Crippen LogP contribution in [0.2, 0.25) is 0 Å². The van der Waals surface area contributed by atoms with Crippen LogP contribution in [0, 0.1) is 0 Å². The minimum atomic E-state index is -3.64. The van der Waals surface area contributed by atoms with Crippen molar-refractivity contribution in [3.8, 4) is 0 Å².